The van der Waals surface area contributed by atoms with Crippen LogP contribution in [0.3, 0.4) is 0 Å². The van der Waals surface area contributed by atoms with Gasteiger partial charge in [-0.3, -0.25) is 0 Å². The van der Waals surface area contributed by atoms with Gasteiger partial charge in [0.25, 0.3) is 0 Å². The van der Waals surface area contributed by atoms with Gasteiger partial charge in [-0.2, -0.15) is 0 Å². The number of aromatic nitrogens is 2. The van der Waals surface area contributed by atoms with Crippen molar-refractivity contribution < 1.29 is 9.47 Å². The maximum absolute atomic E-state index is 5.73. The summed E-state index contributed by atoms with van der Waals surface area (Å²) < 4.78 is 12.4. The summed E-state index contributed by atoms with van der Waals surface area (Å²) >= 11 is 2.17. The van der Waals surface area contributed by atoms with Crippen molar-refractivity contribution in [3.63, 3.8) is 0 Å². The van der Waals surface area contributed by atoms with Crippen molar-refractivity contribution in [2.45, 2.75) is 39.4 Å². The number of benzene rings is 1. The summed E-state index contributed by atoms with van der Waals surface area (Å²) in [6.07, 6.45) is 4.44. The van der Waals surface area contributed by atoms with Crippen LogP contribution in [0.2, 0.25) is 0 Å². The largest absolute Gasteiger partial charge is 0.491 e. The van der Waals surface area contributed by atoms with Crippen LogP contribution in [-0.4, -0.2) is 22.2 Å². The molecule has 0 aliphatic heterocycles. The average molecular weight is 398 g/mol. The topological polar surface area (TPSA) is 44.2 Å². The van der Waals surface area contributed by atoms with Crippen molar-refractivity contribution >= 4 is 22.6 Å². The second-order valence-corrected chi connectivity index (χ2v) is 6.38. The molecule has 0 saturated heterocycles. The molecule has 0 bridgehead atoms. The Morgan fingerprint density at radius 1 is 1.10 bits per heavy atom. The normalized spacial score (nSPS) is 12.2. The molecule has 1 atom stereocenters. The van der Waals surface area contributed by atoms with Gasteiger partial charge in [-0.05, 0) is 61.1 Å². The molecule has 5 heteroatoms. The molecule has 0 radical (unpaired) electrons. The molecule has 0 aliphatic rings. The molecule has 1 heterocycles. The molecular weight excluding hydrogens is 379 g/mol. The highest BCUT2D eigenvalue weighted by atomic mass is 127. The molecule has 2 rings (SSSR count). The molecule has 4 nitrogen and oxygen atoms in total. The van der Waals surface area contributed by atoms with Crippen LogP contribution in [0.4, 0.5) is 0 Å². The Kier molecular flexibility index (Phi) is 5.78. The Morgan fingerprint density at radius 2 is 1.81 bits per heavy atom. The van der Waals surface area contributed by atoms with Gasteiger partial charge >= 0.3 is 6.01 Å². The second kappa shape index (κ2) is 7.59. The van der Waals surface area contributed by atoms with Crippen LogP contribution in [0.1, 0.15) is 26.3 Å². The van der Waals surface area contributed by atoms with Gasteiger partial charge in [0.15, 0.2) is 0 Å². The lowest BCUT2D eigenvalue weighted by Crippen LogP contribution is -2.16. The van der Waals surface area contributed by atoms with E-state index in [4.69, 9.17) is 9.47 Å². The zero-order valence-corrected chi connectivity index (χ0v) is 14.6. The van der Waals surface area contributed by atoms with Gasteiger partial charge in [-0.15, -0.1) is 0 Å². The van der Waals surface area contributed by atoms with Crippen LogP contribution in [0.5, 0.6) is 11.8 Å². The second-order valence-electron chi connectivity index (χ2n) is 5.13. The van der Waals surface area contributed by atoms with Crippen molar-refractivity contribution in [1.82, 2.24) is 9.97 Å². The first-order valence-corrected chi connectivity index (χ1v) is 8.00. The zero-order valence-electron chi connectivity index (χ0n) is 12.4. The van der Waals surface area contributed by atoms with Gasteiger partial charge in [0.05, 0.1) is 6.10 Å². The quantitative estimate of drug-likeness (QED) is 0.693. The highest BCUT2D eigenvalue weighted by Crippen LogP contribution is 2.17. The van der Waals surface area contributed by atoms with E-state index in [-0.39, 0.29) is 12.2 Å². The summed E-state index contributed by atoms with van der Waals surface area (Å²) in [6, 6.07) is 8.51. The summed E-state index contributed by atoms with van der Waals surface area (Å²) in [5.74, 6) is 0.889. The Morgan fingerprint density at radius 3 is 2.48 bits per heavy atom. The minimum Gasteiger partial charge on any atom is -0.491 e. The number of nitrogens with zero attached hydrogens (tertiary/aromatic N) is 2. The molecule has 0 aliphatic carbocycles. The Labute approximate surface area is 139 Å². The monoisotopic (exact) mass is 398 g/mol. The summed E-state index contributed by atoms with van der Waals surface area (Å²) in [7, 11) is 0. The highest BCUT2D eigenvalue weighted by molar-refractivity contribution is 14.1. The van der Waals surface area contributed by atoms with E-state index in [0.29, 0.717) is 6.01 Å². The van der Waals surface area contributed by atoms with Crippen molar-refractivity contribution in [2.24, 2.45) is 0 Å². The molecule has 112 valence electrons. The molecule has 1 aromatic heterocycles. The minimum absolute atomic E-state index is 0.000591. The summed E-state index contributed by atoms with van der Waals surface area (Å²) in [5, 5.41) is 0. The third-order valence-electron chi connectivity index (χ3n) is 2.70. The summed E-state index contributed by atoms with van der Waals surface area (Å²) in [6.45, 7) is 6.05. The Bertz CT molecular complexity index is 573. The van der Waals surface area contributed by atoms with Crippen molar-refractivity contribution in [1.29, 1.82) is 0 Å². The van der Waals surface area contributed by atoms with Crippen molar-refractivity contribution in [2.75, 3.05) is 0 Å². The molecule has 2 aromatic rings. The summed E-state index contributed by atoms with van der Waals surface area (Å²) in [4.78, 5) is 8.30. The van der Waals surface area contributed by atoms with E-state index in [0.717, 1.165) is 15.7 Å². The number of halogens is 1. The molecule has 0 spiro atoms. The van der Waals surface area contributed by atoms with Gasteiger partial charge in [0.2, 0.25) is 0 Å². The Balaban J connectivity index is 1.95. The zero-order chi connectivity index (χ0) is 15.2. The number of hydrogen-bond donors (Lipinski definition) is 0. The van der Waals surface area contributed by atoms with E-state index in [1.165, 1.54) is 5.56 Å². The van der Waals surface area contributed by atoms with Gasteiger partial charge in [-0.1, -0.05) is 12.1 Å². The van der Waals surface area contributed by atoms with Crippen LogP contribution in [0, 0.1) is 3.57 Å². The van der Waals surface area contributed by atoms with Gasteiger partial charge < -0.3 is 9.47 Å². The summed E-state index contributed by atoms with van der Waals surface area (Å²) in [5.41, 5.74) is 1.17. The highest BCUT2D eigenvalue weighted by Gasteiger charge is 2.08. The van der Waals surface area contributed by atoms with E-state index in [9.17, 15) is 0 Å². The molecule has 0 fully saturated rings. The van der Waals surface area contributed by atoms with E-state index in [1.54, 1.807) is 12.4 Å². The van der Waals surface area contributed by atoms with Crippen molar-refractivity contribution in [3.8, 4) is 11.8 Å². The van der Waals surface area contributed by atoms with Crippen molar-refractivity contribution in [3.05, 3.63) is 45.8 Å². The van der Waals surface area contributed by atoms with Gasteiger partial charge in [0.1, 0.15) is 11.9 Å². The lowest BCUT2D eigenvalue weighted by Gasteiger charge is -2.14. The molecule has 1 aromatic carbocycles. The fourth-order valence-electron chi connectivity index (χ4n) is 1.93. The third kappa shape index (κ3) is 5.49. The van der Waals surface area contributed by atoms with Crippen LogP contribution in [0.25, 0.3) is 0 Å². The molecule has 0 amide bonds. The smallest absolute Gasteiger partial charge is 0.316 e. The number of hydrogen-bond acceptors (Lipinski definition) is 4. The first-order valence-electron chi connectivity index (χ1n) is 6.92. The van der Waals surface area contributed by atoms with E-state index in [1.807, 2.05) is 32.9 Å². The predicted molar refractivity (Wildman–Crippen MR) is 90.7 cm³/mol. The maximum Gasteiger partial charge on any atom is 0.316 e. The lowest BCUT2D eigenvalue weighted by atomic mass is 10.1. The van der Waals surface area contributed by atoms with Crippen LogP contribution < -0.4 is 9.47 Å². The fraction of sp³-hybridized carbons (Fsp3) is 0.375. The number of ether oxygens (including phenoxy) is 2. The van der Waals surface area contributed by atoms with Crippen LogP contribution in [0.15, 0.2) is 36.7 Å². The van der Waals surface area contributed by atoms with Gasteiger partial charge in [0, 0.05) is 22.4 Å². The van der Waals surface area contributed by atoms with E-state index < -0.39 is 0 Å². The van der Waals surface area contributed by atoms with E-state index >= 15 is 0 Å². The molecule has 0 unspecified atom stereocenters. The standard InChI is InChI=1S/C16H19IN2O2/c1-11(2)20-15-6-4-5-13(8-15)7-12(3)21-16-18-9-14(17)10-19-16/h4-6,8-12H,7H2,1-3H3/t12-/m1/s1. The molecule has 0 saturated carbocycles. The van der Waals surface area contributed by atoms with E-state index in [2.05, 4.69) is 44.7 Å². The predicted octanol–water partition coefficient (Wildman–Crippen LogP) is 3.88. The molecule has 21 heavy (non-hydrogen) atoms. The molecule has 0 N–H and O–H groups in total. The van der Waals surface area contributed by atoms with Gasteiger partial charge in [-0.25, -0.2) is 9.97 Å². The maximum atomic E-state index is 5.73. The molecular formula is C16H19IN2O2. The fourth-order valence-corrected chi connectivity index (χ4v) is 2.21. The first kappa shape index (κ1) is 16.0. The lowest BCUT2D eigenvalue weighted by molar-refractivity contribution is 0.203. The third-order valence-corrected chi connectivity index (χ3v) is 3.25. The van der Waals surface area contributed by atoms with Crippen LogP contribution in [-0.2, 0) is 6.42 Å². The average Bonchev–Trinajstić information content (AvgIpc) is 2.41. The van der Waals surface area contributed by atoms with Crippen LogP contribution >= 0.6 is 22.6 Å². The minimum atomic E-state index is -0.000591. The SMILES string of the molecule is CC(C)Oc1cccc(C[C@@H](C)Oc2ncc(I)cn2)c1. The first-order chi connectivity index (χ1) is 10.0. The number of rotatable bonds is 6. The Hall–Kier alpha value is -1.37.